The highest BCUT2D eigenvalue weighted by Gasteiger charge is 2.27. The average Bonchev–Trinajstić information content (AvgIpc) is 2.55. The topological polar surface area (TPSA) is 84.5 Å². The van der Waals surface area contributed by atoms with Crippen LogP contribution in [0.15, 0.2) is 54.6 Å². The number of benzene rings is 2. The Bertz CT molecular complexity index is 821. The molecule has 24 heavy (non-hydrogen) atoms. The zero-order valence-electron chi connectivity index (χ0n) is 12.9. The highest BCUT2D eigenvalue weighted by molar-refractivity contribution is 7.88. The van der Waals surface area contributed by atoms with E-state index in [0.29, 0.717) is 17.0 Å². The van der Waals surface area contributed by atoms with Gasteiger partial charge in [0.05, 0.1) is 11.4 Å². The predicted octanol–water partition coefficient (Wildman–Crippen LogP) is 1.90. The van der Waals surface area contributed by atoms with Crippen molar-refractivity contribution in [1.29, 1.82) is 0 Å². The molecule has 126 valence electrons. The van der Waals surface area contributed by atoms with E-state index < -0.39 is 16.1 Å². The molecule has 0 saturated heterocycles. The summed E-state index contributed by atoms with van der Waals surface area (Å²) in [5.41, 5.74) is 1.34. The van der Waals surface area contributed by atoms with E-state index in [2.05, 4.69) is 10.0 Å². The molecule has 0 saturated carbocycles. The van der Waals surface area contributed by atoms with Gasteiger partial charge in [-0.05, 0) is 17.7 Å². The molecule has 1 aliphatic heterocycles. The molecule has 0 spiro atoms. The number of ether oxygens (including phenoxy) is 1. The fraction of sp³-hybridized carbons (Fsp3) is 0.235. The van der Waals surface area contributed by atoms with Crippen LogP contribution >= 0.6 is 0 Å². The predicted molar refractivity (Wildman–Crippen MR) is 91.2 cm³/mol. The highest BCUT2D eigenvalue weighted by atomic mass is 32.2. The van der Waals surface area contributed by atoms with Crippen LogP contribution in [0.3, 0.4) is 0 Å². The summed E-state index contributed by atoms with van der Waals surface area (Å²) in [6.07, 6.45) is -0.451. The van der Waals surface area contributed by atoms with Gasteiger partial charge in [0.1, 0.15) is 5.75 Å². The zero-order chi connectivity index (χ0) is 17.0. The molecule has 0 aromatic heterocycles. The molecule has 3 rings (SSSR count). The lowest BCUT2D eigenvalue weighted by Gasteiger charge is -2.25. The molecule has 0 fully saturated rings. The van der Waals surface area contributed by atoms with Gasteiger partial charge in [0.15, 0.2) is 6.10 Å². The molecule has 1 heterocycles. The Kier molecular flexibility index (Phi) is 4.82. The van der Waals surface area contributed by atoms with Gasteiger partial charge in [0.2, 0.25) is 10.0 Å². The fourth-order valence-electron chi connectivity index (χ4n) is 2.47. The normalized spacial score (nSPS) is 16.8. The number of fused-ring (bicyclic) bond motifs is 1. The molecule has 1 aliphatic rings. The Morgan fingerprint density at radius 3 is 2.54 bits per heavy atom. The standard InChI is InChI=1S/C17H18N2O4S/c20-17-16(23-15-9-5-4-8-14(15)19-17)10-11-18-24(21,22)12-13-6-2-1-3-7-13/h1-9,16,18H,10-12H2,(H,19,20). The lowest BCUT2D eigenvalue weighted by atomic mass is 10.2. The molecule has 7 heteroatoms. The summed E-state index contributed by atoms with van der Waals surface area (Å²) in [6.45, 7) is 0.134. The van der Waals surface area contributed by atoms with Crippen LogP contribution in [0.4, 0.5) is 5.69 Å². The van der Waals surface area contributed by atoms with Crippen LogP contribution in [0.5, 0.6) is 5.75 Å². The van der Waals surface area contributed by atoms with Crippen molar-refractivity contribution in [1.82, 2.24) is 4.72 Å². The van der Waals surface area contributed by atoms with Crippen LogP contribution in [0, 0.1) is 0 Å². The number of hydrogen-bond donors (Lipinski definition) is 2. The average molecular weight is 346 g/mol. The molecule has 1 unspecified atom stereocenters. The number of nitrogens with one attached hydrogen (secondary N) is 2. The molecule has 2 aromatic carbocycles. The van der Waals surface area contributed by atoms with Crippen molar-refractivity contribution in [3.8, 4) is 5.75 Å². The highest BCUT2D eigenvalue weighted by Crippen LogP contribution is 2.29. The van der Waals surface area contributed by atoms with Gasteiger partial charge >= 0.3 is 0 Å². The molecule has 0 radical (unpaired) electrons. The van der Waals surface area contributed by atoms with Crippen molar-refractivity contribution < 1.29 is 17.9 Å². The number of sulfonamides is 1. The molecule has 2 N–H and O–H groups in total. The van der Waals surface area contributed by atoms with Crippen molar-refractivity contribution in [2.24, 2.45) is 0 Å². The number of rotatable bonds is 6. The number of amides is 1. The summed E-state index contributed by atoms with van der Waals surface area (Å²) in [5, 5.41) is 2.76. The molecule has 0 bridgehead atoms. The molecular formula is C17H18N2O4S. The quantitative estimate of drug-likeness (QED) is 0.837. The van der Waals surface area contributed by atoms with Crippen LogP contribution in [0.25, 0.3) is 0 Å². The van der Waals surface area contributed by atoms with Gasteiger partial charge in [-0.1, -0.05) is 42.5 Å². The summed E-state index contributed by atoms with van der Waals surface area (Å²) in [7, 11) is -3.45. The van der Waals surface area contributed by atoms with E-state index in [4.69, 9.17) is 4.74 Å². The second-order valence-corrected chi connectivity index (χ2v) is 7.33. The lowest BCUT2D eigenvalue weighted by Crippen LogP contribution is -2.39. The summed E-state index contributed by atoms with van der Waals surface area (Å²) in [5.74, 6) is 0.235. The van der Waals surface area contributed by atoms with Crippen LogP contribution in [-0.2, 0) is 20.6 Å². The van der Waals surface area contributed by atoms with Crippen molar-refractivity contribution in [3.63, 3.8) is 0 Å². The number of anilines is 1. The maximum Gasteiger partial charge on any atom is 0.265 e. The summed E-state index contributed by atoms with van der Waals surface area (Å²) in [4.78, 5) is 12.0. The van der Waals surface area contributed by atoms with E-state index in [9.17, 15) is 13.2 Å². The SMILES string of the molecule is O=C1Nc2ccccc2OC1CCNS(=O)(=O)Cc1ccccc1. The first kappa shape index (κ1) is 16.5. The van der Waals surface area contributed by atoms with Crippen molar-refractivity contribution >= 4 is 21.6 Å². The molecule has 1 amide bonds. The van der Waals surface area contributed by atoms with Crippen LogP contribution < -0.4 is 14.8 Å². The Hall–Kier alpha value is -2.38. The van der Waals surface area contributed by atoms with Crippen LogP contribution in [0.1, 0.15) is 12.0 Å². The monoisotopic (exact) mass is 346 g/mol. The van der Waals surface area contributed by atoms with Gasteiger partial charge in [-0.15, -0.1) is 0 Å². The minimum atomic E-state index is -3.45. The third-order valence-corrected chi connectivity index (χ3v) is 4.99. The first-order valence-electron chi connectivity index (χ1n) is 7.61. The van der Waals surface area contributed by atoms with Gasteiger partial charge in [-0.2, -0.15) is 0 Å². The minimum absolute atomic E-state index is 0.0889. The maximum absolute atomic E-state index is 12.1. The van der Waals surface area contributed by atoms with Crippen LogP contribution in [-0.4, -0.2) is 27.0 Å². The Labute approximate surface area is 140 Å². The minimum Gasteiger partial charge on any atom is -0.478 e. The third kappa shape index (κ3) is 4.12. The van der Waals surface area contributed by atoms with Gasteiger partial charge in [-0.3, -0.25) is 4.79 Å². The molecular weight excluding hydrogens is 328 g/mol. The molecule has 1 atom stereocenters. The summed E-state index contributed by atoms with van der Waals surface area (Å²) < 4.78 is 32.3. The molecule has 0 aliphatic carbocycles. The molecule has 6 nitrogen and oxygen atoms in total. The van der Waals surface area contributed by atoms with E-state index in [-0.39, 0.29) is 24.6 Å². The van der Waals surface area contributed by atoms with Gasteiger partial charge in [-0.25, -0.2) is 13.1 Å². The second-order valence-electron chi connectivity index (χ2n) is 5.52. The largest absolute Gasteiger partial charge is 0.478 e. The van der Waals surface area contributed by atoms with Gasteiger partial charge in [0, 0.05) is 13.0 Å². The number of hydrogen-bond acceptors (Lipinski definition) is 4. The van der Waals surface area contributed by atoms with Gasteiger partial charge < -0.3 is 10.1 Å². The fourth-order valence-corrected chi connectivity index (χ4v) is 3.64. The number of carbonyl (C=O) groups is 1. The first-order valence-corrected chi connectivity index (χ1v) is 9.26. The van der Waals surface area contributed by atoms with Crippen molar-refractivity contribution in [2.45, 2.75) is 18.3 Å². The van der Waals surface area contributed by atoms with Crippen molar-refractivity contribution in [2.75, 3.05) is 11.9 Å². The van der Waals surface area contributed by atoms with E-state index in [0.717, 1.165) is 0 Å². The summed E-state index contributed by atoms with van der Waals surface area (Å²) in [6, 6.07) is 16.1. The second kappa shape index (κ2) is 7.02. The van der Waals surface area contributed by atoms with Crippen molar-refractivity contribution in [3.05, 3.63) is 60.2 Å². The zero-order valence-corrected chi connectivity index (χ0v) is 13.8. The van der Waals surface area contributed by atoms with Crippen LogP contribution in [0.2, 0.25) is 0 Å². The van der Waals surface area contributed by atoms with E-state index in [1.54, 1.807) is 42.5 Å². The van der Waals surface area contributed by atoms with Gasteiger partial charge in [0.25, 0.3) is 5.91 Å². The Balaban J connectivity index is 1.54. The van der Waals surface area contributed by atoms with E-state index >= 15 is 0 Å². The molecule has 2 aromatic rings. The number of carbonyl (C=O) groups excluding carboxylic acids is 1. The first-order chi connectivity index (χ1) is 11.5. The lowest BCUT2D eigenvalue weighted by molar-refractivity contribution is -0.123. The third-order valence-electron chi connectivity index (χ3n) is 3.63. The maximum atomic E-state index is 12.1. The van der Waals surface area contributed by atoms with E-state index in [1.807, 2.05) is 12.1 Å². The Morgan fingerprint density at radius 2 is 1.75 bits per heavy atom. The number of para-hydroxylation sites is 2. The Morgan fingerprint density at radius 1 is 1.04 bits per heavy atom. The smallest absolute Gasteiger partial charge is 0.265 e. The summed E-state index contributed by atoms with van der Waals surface area (Å²) >= 11 is 0. The van der Waals surface area contributed by atoms with E-state index in [1.165, 1.54) is 0 Å².